The Bertz CT molecular complexity index is 1710. The summed E-state index contributed by atoms with van der Waals surface area (Å²) in [5.74, 6) is 0. The molecule has 3 aromatic heterocycles. The molecule has 5 rings (SSSR count). The first kappa shape index (κ1) is 19.1. The third kappa shape index (κ3) is 2.47. The van der Waals surface area contributed by atoms with Crippen LogP contribution in [0.3, 0.4) is 0 Å². The number of pyridine rings is 2. The standard InChI is InChI=1S/C27H15N5/c1-2-5-16-8-23-21(17(12-28)13-29)10-25-19-6-3-4-7-20(19)26-11-22(18(14-30)15-31)24(9-16)27(23)32(25)26/h3-4,6-11H,2,5H2,1H3. The summed E-state index contributed by atoms with van der Waals surface area (Å²) in [6, 6.07) is 24.0. The lowest BCUT2D eigenvalue weighted by atomic mass is 9.97. The van der Waals surface area contributed by atoms with Gasteiger partial charge in [0.15, 0.2) is 0 Å². The van der Waals surface area contributed by atoms with Gasteiger partial charge in [-0.25, -0.2) is 0 Å². The van der Waals surface area contributed by atoms with Crippen molar-refractivity contribution in [3.05, 3.63) is 64.5 Å². The van der Waals surface area contributed by atoms with Crippen LogP contribution in [0.25, 0.3) is 49.2 Å². The van der Waals surface area contributed by atoms with Crippen molar-refractivity contribution in [1.82, 2.24) is 4.40 Å². The molecule has 5 nitrogen and oxygen atoms in total. The van der Waals surface area contributed by atoms with E-state index in [9.17, 15) is 21.0 Å². The van der Waals surface area contributed by atoms with Crippen molar-refractivity contribution in [2.75, 3.05) is 0 Å². The lowest BCUT2D eigenvalue weighted by Crippen LogP contribution is -2.15. The summed E-state index contributed by atoms with van der Waals surface area (Å²) < 4.78 is 2.12. The molecule has 0 unspecified atom stereocenters. The first-order valence-electron chi connectivity index (χ1n) is 10.3. The van der Waals surface area contributed by atoms with Gasteiger partial charge in [-0.15, -0.1) is 0 Å². The number of nitrogens with zero attached hydrogens (tertiary/aromatic N) is 5. The van der Waals surface area contributed by atoms with Gasteiger partial charge >= 0.3 is 0 Å². The smallest absolute Gasteiger partial charge is 0.137 e. The Morgan fingerprint density at radius 2 is 1.19 bits per heavy atom. The third-order valence-electron chi connectivity index (χ3n) is 6.02. The van der Waals surface area contributed by atoms with Crippen LogP contribution in [0.1, 0.15) is 18.9 Å². The highest BCUT2D eigenvalue weighted by Gasteiger charge is 2.18. The highest BCUT2D eigenvalue weighted by Crippen LogP contribution is 2.33. The fourth-order valence-electron chi connectivity index (χ4n) is 4.74. The summed E-state index contributed by atoms with van der Waals surface area (Å²) in [6.07, 6.45) is 1.72. The molecule has 0 atom stereocenters. The second kappa shape index (κ2) is 7.14. The van der Waals surface area contributed by atoms with Crippen LogP contribution in [0.5, 0.6) is 0 Å². The number of hydrogen-bond acceptors (Lipinski definition) is 4. The number of aryl methyl sites for hydroxylation is 1. The minimum absolute atomic E-state index is 0.0415. The molecule has 5 heteroatoms. The van der Waals surface area contributed by atoms with Crippen LogP contribution in [-0.4, -0.2) is 4.40 Å². The van der Waals surface area contributed by atoms with E-state index in [0.717, 1.165) is 56.5 Å². The Morgan fingerprint density at radius 1 is 0.719 bits per heavy atom. The molecule has 0 spiro atoms. The molecule has 0 fully saturated rings. The summed E-state index contributed by atoms with van der Waals surface area (Å²) in [4.78, 5) is 0. The maximum atomic E-state index is 9.68. The minimum atomic E-state index is 0.0415. The topological polar surface area (TPSA) is 99.6 Å². The first-order chi connectivity index (χ1) is 15.7. The van der Waals surface area contributed by atoms with E-state index in [2.05, 4.69) is 11.3 Å². The predicted octanol–water partition coefficient (Wildman–Crippen LogP) is 4.18. The van der Waals surface area contributed by atoms with E-state index < -0.39 is 0 Å². The van der Waals surface area contributed by atoms with Crippen molar-refractivity contribution in [2.45, 2.75) is 19.8 Å². The second-order valence-corrected chi connectivity index (χ2v) is 7.75. The SMILES string of the molecule is CCCc1cc2c(=C(C#N)C#N)cc3c4ccccc4c4cc(=C(C#N)C#N)c(c1)c2n34. The third-order valence-corrected chi connectivity index (χ3v) is 6.02. The van der Waals surface area contributed by atoms with Crippen molar-refractivity contribution in [3.8, 4) is 24.3 Å². The monoisotopic (exact) mass is 409 g/mol. The minimum Gasteiger partial charge on any atom is -0.308 e. The molecular formula is C27H15N5. The summed E-state index contributed by atoms with van der Waals surface area (Å²) in [7, 11) is 0. The van der Waals surface area contributed by atoms with E-state index in [1.807, 2.05) is 72.8 Å². The van der Waals surface area contributed by atoms with Crippen molar-refractivity contribution in [3.63, 3.8) is 0 Å². The number of rotatable bonds is 2. The van der Waals surface area contributed by atoms with Gasteiger partial charge in [0.25, 0.3) is 0 Å². The van der Waals surface area contributed by atoms with Crippen molar-refractivity contribution in [1.29, 1.82) is 21.0 Å². The molecule has 0 aliphatic carbocycles. The summed E-state index contributed by atoms with van der Waals surface area (Å²) in [5, 5.41) is 43.4. The van der Waals surface area contributed by atoms with Gasteiger partial charge in [-0.2, -0.15) is 21.0 Å². The van der Waals surface area contributed by atoms with Crippen molar-refractivity contribution in [2.24, 2.45) is 0 Å². The Labute approximate surface area is 183 Å². The normalized spacial score (nSPS) is 10.8. The molecule has 5 aromatic rings. The molecule has 0 saturated carbocycles. The van der Waals surface area contributed by atoms with Crippen LogP contribution >= 0.6 is 0 Å². The number of aromatic nitrogens is 1. The van der Waals surface area contributed by atoms with Gasteiger partial charge in [-0.3, -0.25) is 0 Å². The Hall–Kier alpha value is -4.84. The lowest BCUT2D eigenvalue weighted by molar-refractivity contribution is 0.924. The van der Waals surface area contributed by atoms with Gasteiger partial charge in [0.2, 0.25) is 0 Å². The fourth-order valence-corrected chi connectivity index (χ4v) is 4.74. The summed E-state index contributed by atoms with van der Waals surface area (Å²) in [6.45, 7) is 2.08. The quantitative estimate of drug-likeness (QED) is 0.436. The molecule has 148 valence electrons. The van der Waals surface area contributed by atoms with Crippen LogP contribution in [0.4, 0.5) is 0 Å². The Balaban J connectivity index is 2.29. The van der Waals surface area contributed by atoms with Gasteiger partial charge < -0.3 is 4.40 Å². The molecule has 0 aliphatic heterocycles. The van der Waals surface area contributed by atoms with Crippen molar-refractivity contribution >= 4 is 49.2 Å². The molecule has 3 heterocycles. The zero-order chi connectivity index (χ0) is 22.4. The average Bonchev–Trinajstić information content (AvgIpc) is 3.14. The molecule has 0 radical (unpaired) electrons. The molecule has 0 saturated heterocycles. The highest BCUT2D eigenvalue weighted by molar-refractivity contribution is 6.15. The maximum absolute atomic E-state index is 9.68. The number of fused-ring (bicyclic) bond motifs is 3. The highest BCUT2D eigenvalue weighted by atomic mass is 14.9. The van der Waals surface area contributed by atoms with Gasteiger partial charge in [0, 0.05) is 32.0 Å². The van der Waals surface area contributed by atoms with E-state index in [0.29, 0.717) is 10.4 Å². The van der Waals surface area contributed by atoms with E-state index in [1.165, 1.54) is 0 Å². The van der Waals surface area contributed by atoms with Crippen LogP contribution in [0.2, 0.25) is 0 Å². The second-order valence-electron chi connectivity index (χ2n) is 7.75. The number of benzene rings is 2. The zero-order valence-electron chi connectivity index (χ0n) is 17.3. The van der Waals surface area contributed by atoms with Crippen LogP contribution in [-0.2, 0) is 6.42 Å². The maximum Gasteiger partial charge on any atom is 0.137 e. The summed E-state index contributed by atoms with van der Waals surface area (Å²) >= 11 is 0. The predicted molar refractivity (Wildman–Crippen MR) is 124 cm³/mol. The number of hydrogen-bond donors (Lipinski definition) is 0. The zero-order valence-corrected chi connectivity index (χ0v) is 17.3. The van der Waals surface area contributed by atoms with E-state index in [1.54, 1.807) is 0 Å². The molecule has 0 aliphatic rings. The Morgan fingerprint density at radius 3 is 1.59 bits per heavy atom. The van der Waals surface area contributed by atoms with Gasteiger partial charge in [0.05, 0.1) is 16.6 Å². The van der Waals surface area contributed by atoms with Crippen LogP contribution in [0, 0.1) is 45.3 Å². The molecule has 2 aromatic carbocycles. The average molecular weight is 409 g/mol. The van der Waals surface area contributed by atoms with Gasteiger partial charge in [-0.05, 0) is 36.2 Å². The van der Waals surface area contributed by atoms with E-state index >= 15 is 0 Å². The number of nitriles is 4. The van der Waals surface area contributed by atoms with E-state index in [4.69, 9.17) is 0 Å². The fraction of sp³-hybridized carbons (Fsp3) is 0.111. The van der Waals surface area contributed by atoms with Gasteiger partial charge in [-0.1, -0.05) is 37.6 Å². The van der Waals surface area contributed by atoms with Gasteiger partial charge in [0.1, 0.15) is 35.4 Å². The van der Waals surface area contributed by atoms with E-state index in [-0.39, 0.29) is 11.1 Å². The molecule has 32 heavy (non-hydrogen) atoms. The lowest BCUT2D eigenvalue weighted by Gasteiger charge is -2.13. The Kier molecular flexibility index (Phi) is 4.27. The molecule has 0 N–H and O–H groups in total. The molecular weight excluding hydrogens is 394 g/mol. The summed E-state index contributed by atoms with van der Waals surface area (Å²) in [5.41, 5.74) is 3.70. The van der Waals surface area contributed by atoms with Crippen LogP contribution < -0.4 is 10.4 Å². The van der Waals surface area contributed by atoms with Crippen LogP contribution in [0.15, 0.2) is 48.5 Å². The molecule has 0 bridgehead atoms. The molecule has 0 amide bonds. The first-order valence-corrected chi connectivity index (χ1v) is 10.3. The van der Waals surface area contributed by atoms with Crippen molar-refractivity contribution < 1.29 is 0 Å². The largest absolute Gasteiger partial charge is 0.308 e.